The molecule has 3 N–H and O–H groups in total. The highest BCUT2D eigenvalue weighted by Gasteiger charge is 2.48. The van der Waals surface area contributed by atoms with Crippen LogP contribution in [0.2, 0.25) is 0 Å². The highest BCUT2D eigenvalue weighted by atomic mass is 32.2. The molecule has 5 aromatic rings. The number of nitrogens with one attached hydrogen (secondary N) is 2. The van der Waals surface area contributed by atoms with Crippen molar-refractivity contribution in [3.8, 4) is 0 Å². The predicted octanol–water partition coefficient (Wildman–Crippen LogP) is 5.75. The smallest absolute Gasteiger partial charge is 0.263 e. The van der Waals surface area contributed by atoms with Crippen LogP contribution in [0, 0.1) is 0 Å². The fourth-order valence-corrected chi connectivity index (χ4v) is 8.99. The summed E-state index contributed by atoms with van der Waals surface area (Å²) in [6, 6.07) is 27.9. The molecule has 0 radical (unpaired) electrons. The molecule has 6 rings (SSSR count). The highest BCUT2D eigenvalue weighted by molar-refractivity contribution is 8.01. The molecular weight excluding hydrogens is 599 g/mol. The van der Waals surface area contributed by atoms with Gasteiger partial charge in [0.05, 0.1) is 10.8 Å². The van der Waals surface area contributed by atoms with E-state index in [1.165, 1.54) is 23.9 Å². The van der Waals surface area contributed by atoms with Crippen LogP contribution in [0.5, 0.6) is 0 Å². The van der Waals surface area contributed by atoms with Crippen molar-refractivity contribution in [2.75, 3.05) is 17.6 Å². The molecule has 9 nitrogen and oxygen atoms in total. The Labute approximate surface area is 259 Å². The summed E-state index contributed by atoms with van der Waals surface area (Å²) < 4.78 is 34.2. The van der Waals surface area contributed by atoms with Crippen LogP contribution in [0.1, 0.15) is 30.9 Å². The quantitative estimate of drug-likeness (QED) is 0.155. The van der Waals surface area contributed by atoms with Gasteiger partial charge in [-0.1, -0.05) is 60.7 Å². The maximum Gasteiger partial charge on any atom is 0.263 e. The molecule has 44 heavy (non-hydrogen) atoms. The van der Waals surface area contributed by atoms with Gasteiger partial charge in [-0.05, 0) is 55.3 Å². The second-order valence-corrected chi connectivity index (χ2v) is 14.8. The number of rotatable bonds is 7. The fourth-order valence-electron chi connectivity index (χ4n) is 5.85. The van der Waals surface area contributed by atoms with Crippen LogP contribution in [0.15, 0.2) is 106 Å². The number of sulfonamides is 1. The van der Waals surface area contributed by atoms with Crippen molar-refractivity contribution in [3.63, 3.8) is 0 Å². The maximum absolute atomic E-state index is 13.9. The van der Waals surface area contributed by atoms with Crippen LogP contribution in [-0.4, -0.2) is 52.8 Å². The zero-order chi connectivity index (χ0) is 31.1. The number of fused-ring (bicyclic) bond motifs is 3. The van der Waals surface area contributed by atoms with Crippen molar-refractivity contribution < 1.29 is 27.6 Å². The zero-order valence-electron chi connectivity index (χ0n) is 24.1. The van der Waals surface area contributed by atoms with Crippen molar-refractivity contribution in [2.24, 2.45) is 0 Å². The van der Waals surface area contributed by atoms with Gasteiger partial charge in [-0.25, -0.2) is 13.9 Å². The Morgan fingerprint density at radius 1 is 0.909 bits per heavy atom. The molecule has 1 fully saturated rings. The van der Waals surface area contributed by atoms with E-state index in [2.05, 4.69) is 5.32 Å². The SMILES string of the molecule is CC1(C)SCCN(S(=O)(=O)c2ccc3oc4cc(NC(=O)C(c5ccccc5)c5ccccc5)ccc4c3c2)C1C(=O)NO. The summed E-state index contributed by atoms with van der Waals surface area (Å²) in [5, 5.41) is 13.6. The number of furan rings is 1. The first kappa shape index (κ1) is 29.9. The molecule has 4 aromatic carbocycles. The van der Waals surface area contributed by atoms with Gasteiger partial charge in [-0.3, -0.25) is 14.8 Å². The first-order valence-corrected chi connectivity index (χ1v) is 16.5. The van der Waals surface area contributed by atoms with Gasteiger partial charge < -0.3 is 9.73 Å². The molecule has 1 atom stereocenters. The molecule has 1 aliphatic rings. The standard InChI is InChI=1S/C33H31N3O6S2/c1-33(2)30(32(38)35-39)36(17-18-43-33)44(40,41)24-14-16-27-26(20-24)25-15-13-23(19-28(25)42-27)34-31(37)29(21-9-5-3-6-10-21)22-11-7-4-8-12-22/h3-16,19-20,29-30,39H,17-18H2,1-2H3,(H,34,37)(H,35,38). The first-order valence-electron chi connectivity index (χ1n) is 14.1. The van der Waals surface area contributed by atoms with Gasteiger partial charge in [0.15, 0.2) is 0 Å². The van der Waals surface area contributed by atoms with Crippen molar-refractivity contribution in [1.29, 1.82) is 0 Å². The number of benzene rings is 4. The molecule has 0 spiro atoms. The third-order valence-electron chi connectivity index (χ3n) is 7.94. The van der Waals surface area contributed by atoms with Gasteiger partial charge in [0.2, 0.25) is 15.9 Å². The number of thioether (sulfide) groups is 1. The Bertz CT molecular complexity index is 1920. The molecule has 1 saturated heterocycles. The van der Waals surface area contributed by atoms with Gasteiger partial charge in [-0.15, -0.1) is 0 Å². The average Bonchev–Trinajstić information content (AvgIpc) is 3.38. The van der Waals surface area contributed by atoms with E-state index in [1.54, 1.807) is 43.6 Å². The van der Waals surface area contributed by atoms with Gasteiger partial charge in [-0.2, -0.15) is 16.1 Å². The molecule has 1 aliphatic heterocycles. The Kier molecular flexibility index (Phi) is 7.97. The second-order valence-electron chi connectivity index (χ2n) is 11.2. The number of hydroxylamine groups is 1. The number of hydrogen-bond acceptors (Lipinski definition) is 7. The summed E-state index contributed by atoms with van der Waals surface area (Å²) in [5.74, 6) is -0.999. The number of nitrogens with zero attached hydrogens (tertiary/aromatic N) is 1. The lowest BCUT2D eigenvalue weighted by atomic mass is 9.90. The van der Waals surface area contributed by atoms with Crippen molar-refractivity contribution in [1.82, 2.24) is 9.79 Å². The van der Waals surface area contributed by atoms with E-state index >= 15 is 0 Å². The number of hydrogen-bond donors (Lipinski definition) is 3. The Morgan fingerprint density at radius 3 is 2.20 bits per heavy atom. The van der Waals surface area contributed by atoms with Gasteiger partial charge in [0, 0.05) is 39.6 Å². The average molecular weight is 630 g/mol. The number of carbonyl (C=O) groups excluding carboxylic acids is 2. The summed E-state index contributed by atoms with van der Waals surface area (Å²) in [6.07, 6.45) is 0. The largest absolute Gasteiger partial charge is 0.456 e. The van der Waals surface area contributed by atoms with E-state index in [4.69, 9.17) is 4.42 Å². The van der Waals surface area contributed by atoms with Gasteiger partial charge >= 0.3 is 0 Å². The monoisotopic (exact) mass is 629 g/mol. The lowest BCUT2D eigenvalue weighted by molar-refractivity contribution is -0.134. The molecule has 11 heteroatoms. The van der Waals surface area contributed by atoms with Crippen molar-refractivity contribution >= 4 is 61.2 Å². The van der Waals surface area contributed by atoms with E-state index in [0.717, 1.165) is 15.4 Å². The van der Waals surface area contributed by atoms with Crippen molar-refractivity contribution in [3.05, 3.63) is 108 Å². The van der Waals surface area contributed by atoms with Crippen LogP contribution >= 0.6 is 11.8 Å². The van der Waals surface area contributed by atoms with Gasteiger partial charge in [0.1, 0.15) is 17.2 Å². The minimum Gasteiger partial charge on any atom is -0.456 e. The Morgan fingerprint density at radius 2 is 1.57 bits per heavy atom. The van der Waals surface area contributed by atoms with Crippen LogP contribution < -0.4 is 10.8 Å². The zero-order valence-corrected chi connectivity index (χ0v) is 25.7. The van der Waals surface area contributed by atoms with Crippen LogP contribution in [-0.2, 0) is 19.6 Å². The second kappa shape index (κ2) is 11.7. The molecule has 226 valence electrons. The Hall–Kier alpha value is -4.16. The summed E-state index contributed by atoms with van der Waals surface area (Å²) in [4.78, 5) is 26.2. The van der Waals surface area contributed by atoms with E-state index in [1.807, 2.05) is 60.7 Å². The Balaban J connectivity index is 1.32. The van der Waals surface area contributed by atoms with E-state index in [-0.39, 0.29) is 17.3 Å². The maximum atomic E-state index is 13.9. The molecule has 1 aromatic heterocycles. The van der Waals surface area contributed by atoms with Crippen molar-refractivity contribution in [2.45, 2.75) is 35.4 Å². The topological polar surface area (TPSA) is 129 Å². The summed E-state index contributed by atoms with van der Waals surface area (Å²) in [7, 11) is -4.11. The lowest BCUT2D eigenvalue weighted by Crippen LogP contribution is -2.61. The van der Waals surface area contributed by atoms with Crippen LogP contribution in [0.3, 0.4) is 0 Å². The fraction of sp³-hybridized carbons (Fsp3) is 0.212. The molecule has 0 saturated carbocycles. The predicted molar refractivity (Wildman–Crippen MR) is 171 cm³/mol. The minimum absolute atomic E-state index is 0.0112. The molecule has 2 amide bonds. The number of anilines is 1. The molecular formula is C33H31N3O6S2. The summed E-state index contributed by atoms with van der Waals surface area (Å²) in [6.45, 7) is 3.68. The van der Waals surface area contributed by atoms with Crippen LogP contribution in [0.25, 0.3) is 21.9 Å². The highest BCUT2D eigenvalue weighted by Crippen LogP contribution is 2.39. The third-order valence-corrected chi connectivity index (χ3v) is 11.2. The van der Waals surface area contributed by atoms with E-state index < -0.39 is 32.6 Å². The molecule has 0 bridgehead atoms. The molecule has 1 unspecified atom stereocenters. The summed E-state index contributed by atoms with van der Waals surface area (Å²) in [5.41, 5.74) is 4.87. The molecule has 2 heterocycles. The number of carbonyl (C=O) groups is 2. The minimum atomic E-state index is -4.11. The van der Waals surface area contributed by atoms with Gasteiger partial charge in [0.25, 0.3) is 5.91 Å². The third kappa shape index (κ3) is 5.48. The first-order chi connectivity index (χ1) is 21.1. The lowest BCUT2D eigenvalue weighted by Gasteiger charge is -2.43. The number of amides is 2. The van der Waals surface area contributed by atoms with E-state index in [9.17, 15) is 23.2 Å². The van der Waals surface area contributed by atoms with E-state index in [0.29, 0.717) is 33.4 Å². The normalized spacial score (nSPS) is 17.1. The van der Waals surface area contributed by atoms with Crippen LogP contribution in [0.4, 0.5) is 5.69 Å². The summed E-state index contributed by atoms with van der Waals surface area (Å²) >= 11 is 1.47. The molecule has 0 aliphatic carbocycles.